The number of rotatable bonds is 5. The molecule has 0 spiro atoms. The van der Waals surface area contributed by atoms with Crippen molar-refractivity contribution in [2.45, 2.75) is 6.92 Å². The molecule has 1 amide bonds. The SMILES string of the molecule is Cc1cc(OCC(=O)Nc2noc(-c3cccc(Cl)c3)n2)ccc1Cl. The maximum absolute atomic E-state index is 11.9. The predicted octanol–water partition coefficient (Wildman–Crippen LogP) is 4.37. The van der Waals surface area contributed by atoms with E-state index in [1.54, 1.807) is 42.5 Å². The molecule has 8 heteroatoms. The fourth-order valence-electron chi connectivity index (χ4n) is 2.03. The molecular weight excluding hydrogens is 365 g/mol. The summed E-state index contributed by atoms with van der Waals surface area (Å²) in [4.78, 5) is 16.0. The molecule has 128 valence electrons. The molecule has 3 rings (SSSR count). The van der Waals surface area contributed by atoms with Gasteiger partial charge in [0, 0.05) is 15.6 Å². The number of benzene rings is 2. The third-order valence-electron chi connectivity index (χ3n) is 3.25. The van der Waals surface area contributed by atoms with Crippen LogP contribution in [0.2, 0.25) is 10.0 Å². The summed E-state index contributed by atoms with van der Waals surface area (Å²) in [5.41, 5.74) is 1.53. The van der Waals surface area contributed by atoms with E-state index >= 15 is 0 Å². The number of ether oxygens (including phenoxy) is 1. The van der Waals surface area contributed by atoms with Gasteiger partial charge in [0.15, 0.2) is 6.61 Å². The highest BCUT2D eigenvalue weighted by molar-refractivity contribution is 6.31. The van der Waals surface area contributed by atoms with E-state index in [-0.39, 0.29) is 18.4 Å². The lowest BCUT2D eigenvalue weighted by molar-refractivity contribution is -0.118. The van der Waals surface area contributed by atoms with E-state index in [4.69, 9.17) is 32.5 Å². The number of hydrogen-bond acceptors (Lipinski definition) is 5. The zero-order valence-electron chi connectivity index (χ0n) is 13.1. The van der Waals surface area contributed by atoms with Gasteiger partial charge in [0.1, 0.15) is 5.75 Å². The Kier molecular flexibility index (Phi) is 5.21. The summed E-state index contributed by atoms with van der Waals surface area (Å²) in [6.45, 7) is 1.66. The Balaban J connectivity index is 1.59. The van der Waals surface area contributed by atoms with Crippen LogP contribution in [0.3, 0.4) is 0 Å². The Morgan fingerprint density at radius 1 is 1.24 bits per heavy atom. The Labute approximate surface area is 153 Å². The van der Waals surface area contributed by atoms with Crippen LogP contribution in [-0.4, -0.2) is 22.7 Å². The van der Waals surface area contributed by atoms with Crippen LogP contribution in [0.15, 0.2) is 47.0 Å². The first-order valence-corrected chi connectivity index (χ1v) is 8.05. The third kappa shape index (κ3) is 4.49. The molecule has 0 fully saturated rings. The van der Waals surface area contributed by atoms with Gasteiger partial charge in [-0.2, -0.15) is 4.98 Å². The molecule has 0 bridgehead atoms. The minimum Gasteiger partial charge on any atom is -0.484 e. The summed E-state index contributed by atoms with van der Waals surface area (Å²) in [5, 5.41) is 7.40. The van der Waals surface area contributed by atoms with Crippen molar-refractivity contribution in [3.8, 4) is 17.2 Å². The van der Waals surface area contributed by atoms with Crippen molar-refractivity contribution >= 4 is 35.1 Å². The molecule has 0 unspecified atom stereocenters. The molecule has 25 heavy (non-hydrogen) atoms. The number of anilines is 1. The van der Waals surface area contributed by atoms with Crippen LogP contribution in [-0.2, 0) is 4.79 Å². The van der Waals surface area contributed by atoms with E-state index in [2.05, 4.69) is 15.5 Å². The van der Waals surface area contributed by atoms with Crippen molar-refractivity contribution in [2.24, 2.45) is 0 Å². The zero-order chi connectivity index (χ0) is 17.8. The van der Waals surface area contributed by atoms with E-state index in [0.717, 1.165) is 5.56 Å². The number of aromatic nitrogens is 2. The Hall–Kier alpha value is -2.57. The molecule has 0 atom stereocenters. The normalized spacial score (nSPS) is 10.5. The minimum atomic E-state index is -0.411. The monoisotopic (exact) mass is 377 g/mol. The fourth-order valence-corrected chi connectivity index (χ4v) is 2.34. The highest BCUT2D eigenvalue weighted by Gasteiger charge is 2.12. The molecule has 2 aromatic carbocycles. The Morgan fingerprint density at radius 3 is 2.84 bits per heavy atom. The maximum Gasteiger partial charge on any atom is 0.270 e. The number of hydrogen-bond donors (Lipinski definition) is 1. The number of amides is 1. The largest absolute Gasteiger partial charge is 0.484 e. The summed E-state index contributed by atoms with van der Waals surface area (Å²) < 4.78 is 10.5. The van der Waals surface area contributed by atoms with Gasteiger partial charge < -0.3 is 9.26 Å². The van der Waals surface area contributed by atoms with E-state index in [0.29, 0.717) is 21.4 Å². The molecule has 0 aliphatic heterocycles. The molecule has 1 aromatic heterocycles. The first-order valence-electron chi connectivity index (χ1n) is 7.30. The quantitative estimate of drug-likeness (QED) is 0.714. The van der Waals surface area contributed by atoms with Gasteiger partial charge in [-0.3, -0.25) is 10.1 Å². The van der Waals surface area contributed by atoms with Gasteiger partial charge in [-0.25, -0.2) is 0 Å². The summed E-state index contributed by atoms with van der Waals surface area (Å²) in [6, 6.07) is 12.1. The lowest BCUT2D eigenvalue weighted by atomic mass is 10.2. The van der Waals surface area contributed by atoms with Crippen LogP contribution in [0.25, 0.3) is 11.5 Å². The van der Waals surface area contributed by atoms with Crippen molar-refractivity contribution in [1.82, 2.24) is 10.1 Å². The van der Waals surface area contributed by atoms with Gasteiger partial charge >= 0.3 is 0 Å². The zero-order valence-corrected chi connectivity index (χ0v) is 14.6. The summed E-state index contributed by atoms with van der Waals surface area (Å²) in [5.74, 6) is 0.443. The Morgan fingerprint density at radius 2 is 2.08 bits per heavy atom. The van der Waals surface area contributed by atoms with Gasteiger partial charge in [0.2, 0.25) is 0 Å². The molecule has 0 saturated heterocycles. The first kappa shape index (κ1) is 17.3. The van der Waals surface area contributed by atoms with E-state index in [9.17, 15) is 4.79 Å². The van der Waals surface area contributed by atoms with E-state index in [1.807, 2.05) is 6.92 Å². The van der Waals surface area contributed by atoms with Crippen molar-refractivity contribution in [3.63, 3.8) is 0 Å². The number of aryl methyl sites for hydroxylation is 1. The molecule has 1 N–H and O–H groups in total. The number of nitrogens with zero attached hydrogens (tertiary/aromatic N) is 2. The van der Waals surface area contributed by atoms with Crippen LogP contribution in [0.5, 0.6) is 5.75 Å². The van der Waals surface area contributed by atoms with E-state index < -0.39 is 5.91 Å². The molecule has 0 radical (unpaired) electrons. The van der Waals surface area contributed by atoms with Crippen LogP contribution in [0.1, 0.15) is 5.56 Å². The van der Waals surface area contributed by atoms with Gasteiger partial charge in [0.05, 0.1) is 0 Å². The smallest absolute Gasteiger partial charge is 0.270 e. The van der Waals surface area contributed by atoms with Crippen molar-refractivity contribution < 1.29 is 14.1 Å². The Bertz CT molecular complexity index is 912. The van der Waals surface area contributed by atoms with Crippen LogP contribution < -0.4 is 10.1 Å². The number of nitrogens with one attached hydrogen (secondary N) is 1. The summed E-state index contributed by atoms with van der Waals surface area (Å²) >= 11 is 11.9. The lowest BCUT2D eigenvalue weighted by Gasteiger charge is -2.06. The first-order chi connectivity index (χ1) is 12.0. The highest BCUT2D eigenvalue weighted by atomic mass is 35.5. The molecule has 6 nitrogen and oxygen atoms in total. The maximum atomic E-state index is 11.9. The summed E-state index contributed by atoms with van der Waals surface area (Å²) in [6.07, 6.45) is 0. The molecule has 0 saturated carbocycles. The number of carbonyl (C=O) groups excluding carboxylic acids is 1. The van der Waals surface area contributed by atoms with Gasteiger partial charge in [-0.05, 0) is 54.0 Å². The molecule has 0 aliphatic carbocycles. The van der Waals surface area contributed by atoms with E-state index in [1.165, 1.54) is 0 Å². The summed E-state index contributed by atoms with van der Waals surface area (Å²) in [7, 11) is 0. The predicted molar refractivity (Wildman–Crippen MR) is 95.1 cm³/mol. The average molecular weight is 378 g/mol. The van der Waals surface area contributed by atoms with Crippen LogP contribution in [0, 0.1) is 6.92 Å². The van der Waals surface area contributed by atoms with Crippen molar-refractivity contribution in [2.75, 3.05) is 11.9 Å². The van der Waals surface area contributed by atoms with Crippen LogP contribution in [0.4, 0.5) is 5.95 Å². The van der Waals surface area contributed by atoms with Crippen molar-refractivity contribution in [1.29, 1.82) is 0 Å². The second-order valence-electron chi connectivity index (χ2n) is 5.18. The molecule has 1 heterocycles. The lowest BCUT2D eigenvalue weighted by Crippen LogP contribution is -2.20. The standard InChI is InChI=1S/C17H13Cl2N3O3/c1-10-7-13(5-6-14(10)19)24-9-15(23)20-17-21-16(25-22-17)11-3-2-4-12(18)8-11/h2-8H,9H2,1H3,(H,20,22,23). The van der Waals surface area contributed by atoms with Gasteiger partial charge in [-0.1, -0.05) is 29.3 Å². The molecular formula is C17H13Cl2N3O3. The van der Waals surface area contributed by atoms with Gasteiger partial charge in [-0.15, -0.1) is 0 Å². The van der Waals surface area contributed by atoms with Crippen LogP contribution >= 0.6 is 23.2 Å². The third-order valence-corrected chi connectivity index (χ3v) is 3.91. The van der Waals surface area contributed by atoms with Crippen molar-refractivity contribution in [3.05, 3.63) is 58.1 Å². The van der Waals surface area contributed by atoms with Gasteiger partial charge in [0.25, 0.3) is 17.7 Å². The molecule has 0 aliphatic rings. The molecule has 3 aromatic rings. The average Bonchev–Trinajstić information content (AvgIpc) is 3.04. The second kappa shape index (κ2) is 7.55. The number of carbonyl (C=O) groups is 1. The second-order valence-corrected chi connectivity index (χ2v) is 6.02. The highest BCUT2D eigenvalue weighted by Crippen LogP contribution is 2.22. The number of halogens is 2. The minimum absolute atomic E-state index is 0.0517. The topological polar surface area (TPSA) is 77.2 Å². The fraction of sp³-hybridized carbons (Fsp3) is 0.118.